The normalized spacial score (nSPS) is 24.9. The van der Waals surface area contributed by atoms with E-state index in [-0.39, 0.29) is 37.2 Å². The van der Waals surface area contributed by atoms with Gasteiger partial charge in [0.25, 0.3) is 0 Å². The highest BCUT2D eigenvalue weighted by Gasteiger charge is 2.43. The zero-order valence-corrected chi connectivity index (χ0v) is 11.3. The third-order valence-corrected chi connectivity index (χ3v) is 4.20. The Balaban J connectivity index is 2.14. The maximum absolute atomic E-state index is 13.8. The molecule has 0 aliphatic heterocycles. The first-order chi connectivity index (χ1) is 9.84. The zero-order valence-electron chi connectivity index (χ0n) is 11.3. The number of hydrogen-bond acceptors (Lipinski definition) is 2. The summed E-state index contributed by atoms with van der Waals surface area (Å²) >= 11 is 0. The zero-order chi connectivity index (χ0) is 15.6. The van der Waals surface area contributed by atoms with E-state index in [1.165, 1.54) is 6.07 Å². The number of alkyl halides is 3. The maximum Gasteiger partial charge on any atom is 0.391 e. The van der Waals surface area contributed by atoms with E-state index in [9.17, 15) is 22.0 Å². The van der Waals surface area contributed by atoms with Crippen molar-refractivity contribution in [3.63, 3.8) is 0 Å². The molecule has 0 saturated heterocycles. The molecule has 0 heterocycles. The lowest BCUT2D eigenvalue weighted by molar-refractivity contribution is -0.184. The maximum atomic E-state index is 13.8. The van der Waals surface area contributed by atoms with Gasteiger partial charge in [0, 0.05) is 5.56 Å². The Morgan fingerprint density at radius 3 is 2.00 bits per heavy atom. The summed E-state index contributed by atoms with van der Waals surface area (Å²) in [5.74, 6) is 2.25. The second-order valence-corrected chi connectivity index (χ2v) is 5.43. The number of nitrogens with one attached hydrogen (secondary N) is 1. The third-order valence-electron chi connectivity index (χ3n) is 4.20. The average Bonchev–Trinajstić information content (AvgIpc) is 2.42. The Labute approximate surface area is 119 Å². The lowest BCUT2D eigenvalue weighted by Gasteiger charge is -2.34. The number of halogens is 5. The van der Waals surface area contributed by atoms with Crippen molar-refractivity contribution in [2.75, 3.05) is 0 Å². The minimum Gasteiger partial charge on any atom is -0.271 e. The van der Waals surface area contributed by atoms with Crippen LogP contribution in [0.15, 0.2) is 18.2 Å². The molecule has 0 aromatic heterocycles. The second kappa shape index (κ2) is 6.27. The topological polar surface area (TPSA) is 38.0 Å². The lowest BCUT2D eigenvalue weighted by Crippen LogP contribution is -2.38. The van der Waals surface area contributed by atoms with E-state index in [0.717, 1.165) is 12.1 Å². The first-order valence-corrected chi connectivity index (χ1v) is 6.81. The van der Waals surface area contributed by atoms with E-state index in [4.69, 9.17) is 5.84 Å². The van der Waals surface area contributed by atoms with E-state index in [2.05, 4.69) is 5.43 Å². The van der Waals surface area contributed by atoms with Crippen molar-refractivity contribution in [1.29, 1.82) is 0 Å². The highest BCUT2D eigenvalue weighted by Crippen LogP contribution is 2.43. The molecule has 1 aliphatic rings. The van der Waals surface area contributed by atoms with Crippen LogP contribution < -0.4 is 11.3 Å². The molecule has 1 saturated carbocycles. The number of nitrogens with two attached hydrogens (primary N) is 1. The third kappa shape index (κ3) is 3.52. The van der Waals surface area contributed by atoms with Crippen LogP contribution in [-0.2, 0) is 0 Å². The van der Waals surface area contributed by atoms with Gasteiger partial charge in [-0.15, -0.1) is 0 Å². The van der Waals surface area contributed by atoms with Crippen LogP contribution in [0.2, 0.25) is 0 Å². The van der Waals surface area contributed by atoms with E-state index >= 15 is 0 Å². The minimum absolute atomic E-state index is 0.0393. The van der Waals surface area contributed by atoms with Crippen molar-refractivity contribution in [1.82, 2.24) is 5.43 Å². The van der Waals surface area contributed by atoms with E-state index < -0.39 is 29.8 Å². The van der Waals surface area contributed by atoms with E-state index in [1.807, 2.05) is 0 Å². The van der Waals surface area contributed by atoms with Gasteiger partial charge in [-0.2, -0.15) is 13.2 Å². The van der Waals surface area contributed by atoms with E-state index in [1.54, 1.807) is 0 Å². The molecule has 1 aromatic carbocycles. The molecular formula is C14H17F5N2. The van der Waals surface area contributed by atoms with Crippen molar-refractivity contribution in [2.45, 2.75) is 37.9 Å². The number of rotatable bonds is 3. The Hall–Kier alpha value is -1.21. The van der Waals surface area contributed by atoms with Gasteiger partial charge in [0.15, 0.2) is 0 Å². The van der Waals surface area contributed by atoms with Crippen molar-refractivity contribution in [3.8, 4) is 0 Å². The molecule has 1 unspecified atom stereocenters. The Kier molecular flexibility index (Phi) is 4.83. The van der Waals surface area contributed by atoms with Crippen LogP contribution in [0, 0.1) is 23.5 Å². The van der Waals surface area contributed by atoms with Gasteiger partial charge < -0.3 is 0 Å². The van der Waals surface area contributed by atoms with Gasteiger partial charge in [-0.05, 0) is 43.7 Å². The fourth-order valence-corrected chi connectivity index (χ4v) is 3.04. The predicted molar refractivity (Wildman–Crippen MR) is 67.9 cm³/mol. The summed E-state index contributed by atoms with van der Waals surface area (Å²) in [5.41, 5.74) is 2.16. The van der Waals surface area contributed by atoms with Gasteiger partial charge >= 0.3 is 6.18 Å². The molecule has 2 nitrogen and oxygen atoms in total. The lowest BCUT2D eigenvalue weighted by atomic mass is 9.76. The summed E-state index contributed by atoms with van der Waals surface area (Å²) in [6, 6.07) is 2.65. The van der Waals surface area contributed by atoms with Crippen molar-refractivity contribution < 1.29 is 22.0 Å². The van der Waals surface area contributed by atoms with Gasteiger partial charge in [0.1, 0.15) is 11.6 Å². The van der Waals surface area contributed by atoms with Crippen LogP contribution in [0.5, 0.6) is 0 Å². The molecule has 0 amide bonds. The molecule has 7 heteroatoms. The van der Waals surface area contributed by atoms with Gasteiger partial charge in [0.05, 0.1) is 12.0 Å². The molecule has 1 fully saturated rings. The second-order valence-electron chi connectivity index (χ2n) is 5.43. The van der Waals surface area contributed by atoms with Crippen molar-refractivity contribution >= 4 is 0 Å². The number of hydrogen-bond donors (Lipinski definition) is 2. The number of benzene rings is 1. The standard InChI is InChI=1S/C14H17F5N2/c15-10-2-1-3-11(16)12(10)13(21-20)8-4-6-9(7-5-8)14(17,18)19/h1-3,8-9,13,21H,4-7,20H2. The van der Waals surface area contributed by atoms with Crippen LogP contribution in [0.1, 0.15) is 37.3 Å². The predicted octanol–water partition coefficient (Wildman–Crippen LogP) is 3.84. The summed E-state index contributed by atoms with van der Waals surface area (Å²) in [6.07, 6.45) is -3.83. The summed E-state index contributed by atoms with van der Waals surface area (Å²) < 4.78 is 65.5. The van der Waals surface area contributed by atoms with Crippen LogP contribution in [-0.4, -0.2) is 6.18 Å². The molecule has 1 aromatic rings. The summed E-state index contributed by atoms with van der Waals surface area (Å²) in [5, 5.41) is 0. The molecule has 0 spiro atoms. The average molecular weight is 308 g/mol. The highest BCUT2D eigenvalue weighted by atomic mass is 19.4. The van der Waals surface area contributed by atoms with Gasteiger partial charge in [-0.1, -0.05) is 6.07 Å². The smallest absolute Gasteiger partial charge is 0.271 e. The van der Waals surface area contributed by atoms with Crippen LogP contribution in [0.25, 0.3) is 0 Å². The van der Waals surface area contributed by atoms with Crippen LogP contribution >= 0.6 is 0 Å². The molecule has 0 bridgehead atoms. The molecule has 1 atom stereocenters. The Morgan fingerprint density at radius 2 is 1.57 bits per heavy atom. The van der Waals surface area contributed by atoms with Crippen LogP contribution in [0.4, 0.5) is 22.0 Å². The molecule has 1 aliphatic carbocycles. The Bertz CT molecular complexity index is 460. The van der Waals surface area contributed by atoms with E-state index in [0.29, 0.717) is 0 Å². The van der Waals surface area contributed by atoms with Gasteiger partial charge in [-0.3, -0.25) is 11.3 Å². The molecular weight excluding hydrogens is 291 g/mol. The van der Waals surface area contributed by atoms with Crippen molar-refractivity contribution in [3.05, 3.63) is 35.4 Å². The van der Waals surface area contributed by atoms with Gasteiger partial charge in [0.2, 0.25) is 0 Å². The quantitative estimate of drug-likeness (QED) is 0.506. The monoisotopic (exact) mass is 308 g/mol. The SMILES string of the molecule is NNC(c1c(F)cccc1F)C1CCC(C(F)(F)F)CC1. The number of hydrazine groups is 1. The molecule has 118 valence electrons. The minimum atomic E-state index is -4.21. The molecule has 0 radical (unpaired) electrons. The fourth-order valence-electron chi connectivity index (χ4n) is 3.04. The van der Waals surface area contributed by atoms with Gasteiger partial charge in [-0.25, -0.2) is 8.78 Å². The first-order valence-electron chi connectivity index (χ1n) is 6.81. The van der Waals surface area contributed by atoms with Crippen LogP contribution in [0.3, 0.4) is 0 Å². The summed E-state index contributed by atoms with van der Waals surface area (Å²) in [7, 11) is 0. The molecule has 21 heavy (non-hydrogen) atoms. The first kappa shape index (κ1) is 16.2. The molecule has 3 N–H and O–H groups in total. The highest BCUT2D eigenvalue weighted by molar-refractivity contribution is 5.24. The van der Waals surface area contributed by atoms with Crippen molar-refractivity contribution in [2.24, 2.45) is 17.7 Å². The summed E-state index contributed by atoms with van der Waals surface area (Å²) in [6.45, 7) is 0. The fraction of sp³-hybridized carbons (Fsp3) is 0.571. The summed E-state index contributed by atoms with van der Waals surface area (Å²) in [4.78, 5) is 0. The largest absolute Gasteiger partial charge is 0.391 e. The molecule has 2 rings (SSSR count). The Morgan fingerprint density at radius 1 is 1.05 bits per heavy atom.